The molecule has 6 heteroatoms. The highest BCUT2D eigenvalue weighted by Crippen LogP contribution is 2.29. The number of hydrogen-bond acceptors (Lipinski definition) is 4. The van der Waals surface area contributed by atoms with Crippen LogP contribution >= 0.6 is 11.3 Å². The number of ether oxygens (including phenoxy) is 2. The molecule has 0 saturated heterocycles. The Morgan fingerprint density at radius 2 is 1.96 bits per heavy atom. The number of amides is 1. The normalized spacial score (nSPS) is 11.7. The summed E-state index contributed by atoms with van der Waals surface area (Å²) < 4.78 is 14.0. The van der Waals surface area contributed by atoms with Crippen LogP contribution in [0.4, 0.5) is 0 Å². The van der Waals surface area contributed by atoms with E-state index in [2.05, 4.69) is 4.99 Å². The summed E-state index contributed by atoms with van der Waals surface area (Å²) in [5, 5.41) is 0. The molecule has 0 saturated carbocycles. The van der Waals surface area contributed by atoms with E-state index in [9.17, 15) is 4.79 Å². The molecule has 130 valence electrons. The molecule has 5 nitrogen and oxygen atoms in total. The van der Waals surface area contributed by atoms with Gasteiger partial charge in [-0.25, -0.2) is 0 Å². The number of fused-ring (bicyclic) bond motifs is 1. The first kappa shape index (κ1) is 17.2. The average Bonchev–Trinajstić information content (AvgIpc) is 2.94. The summed E-state index contributed by atoms with van der Waals surface area (Å²) >= 11 is 1.49. The number of carbonyl (C=O) groups is 1. The molecule has 1 amide bonds. The third kappa shape index (κ3) is 3.74. The van der Waals surface area contributed by atoms with Gasteiger partial charge in [-0.1, -0.05) is 35.6 Å². The Labute approximate surface area is 150 Å². The average molecular weight is 356 g/mol. The second-order valence-electron chi connectivity index (χ2n) is 5.62. The van der Waals surface area contributed by atoms with E-state index in [-0.39, 0.29) is 12.3 Å². The fourth-order valence-corrected chi connectivity index (χ4v) is 3.68. The molecule has 0 atom stereocenters. The van der Waals surface area contributed by atoms with E-state index >= 15 is 0 Å². The van der Waals surface area contributed by atoms with E-state index in [0.29, 0.717) is 11.4 Å². The molecule has 0 N–H and O–H groups in total. The van der Waals surface area contributed by atoms with E-state index in [0.717, 1.165) is 27.3 Å². The number of benzene rings is 2. The van der Waals surface area contributed by atoms with Gasteiger partial charge in [0, 0.05) is 7.05 Å². The minimum atomic E-state index is -0.199. The molecule has 0 unspecified atom stereocenters. The number of thiazole rings is 1. The summed E-state index contributed by atoms with van der Waals surface area (Å²) in [5.74, 6) is 1.33. The Morgan fingerprint density at radius 3 is 2.68 bits per heavy atom. The van der Waals surface area contributed by atoms with Crippen LogP contribution in [0.3, 0.4) is 0 Å². The lowest BCUT2D eigenvalue weighted by atomic mass is 10.2. The van der Waals surface area contributed by atoms with Crippen molar-refractivity contribution in [2.24, 2.45) is 12.0 Å². The number of nitrogens with zero attached hydrogens (tertiary/aromatic N) is 2. The monoisotopic (exact) mass is 356 g/mol. The number of carbonyl (C=O) groups excluding carboxylic acids is 1. The summed E-state index contributed by atoms with van der Waals surface area (Å²) in [4.78, 5) is 17.1. The minimum Gasteiger partial charge on any atom is -0.495 e. The summed E-state index contributed by atoms with van der Waals surface area (Å²) in [6.07, 6.45) is 0.235. The molecular weight excluding hydrogens is 336 g/mol. The Morgan fingerprint density at radius 1 is 1.20 bits per heavy atom. The van der Waals surface area contributed by atoms with Gasteiger partial charge in [-0.15, -0.1) is 0 Å². The predicted octanol–water partition coefficient (Wildman–Crippen LogP) is 3.45. The molecule has 0 aliphatic carbocycles. The first-order valence-corrected chi connectivity index (χ1v) is 8.80. The minimum absolute atomic E-state index is 0.199. The van der Waals surface area contributed by atoms with E-state index in [1.807, 2.05) is 61.0 Å². The van der Waals surface area contributed by atoms with Gasteiger partial charge in [0.05, 0.1) is 24.8 Å². The fourth-order valence-electron chi connectivity index (χ4n) is 2.55. The Kier molecular flexibility index (Phi) is 5.19. The molecule has 25 heavy (non-hydrogen) atoms. The van der Waals surface area contributed by atoms with Gasteiger partial charge in [0.15, 0.2) is 4.80 Å². The molecule has 0 fully saturated rings. The third-order valence-electron chi connectivity index (χ3n) is 3.88. The highest BCUT2D eigenvalue weighted by atomic mass is 32.1. The van der Waals surface area contributed by atoms with Crippen molar-refractivity contribution < 1.29 is 14.3 Å². The van der Waals surface area contributed by atoms with E-state index in [4.69, 9.17) is 9.47 Å². The summed E-state index contributed by atoms with van der Waals surface area (Å²) in [7, 11) is 3.54. The second kappa shape index (κ2) is 7.53. The molecule has 0 aliphatic rings. The number of aryl methyl sites for hydroxylation is 2. The number of para-hydroxylation sites is 1. The molecular formula is C19H20N2O3S. The first-order valence-electron chi connectivity index (χ1n) is 7.98. The lowest BCUT2D eigenvalue weighted by Crippen LogP contribution is -2.14. The SMILES string of the molecule is COc1ccc(C)c2sc(=NC(=O)CCOc3ccccc3)n(C)c12. The molecule has 2 aromatic carbocycles. The number of aromatic nitrogens is 1. The van der Waals surface area contributed by atoms with Crippen LogP contribution in [0.25, 0.3) is 10.2 Å². The van der Waals surface area contributed by atoms with E-state index in [1.165, 1.54) is 11.3 Å². The van der Waals surface area contributed by atoms with Gasteiger partial charge < -0.3 is 14.0 Å². The highest BCUT2D eigenvalue weighted by molar-refractivity contribution is 7.16. The number of hydrogen-bond donors (Lipinski definition) is 0. The van der Waals surface area contributed by atoms with Gasteiger partial charge in [0.2, 0.25) is 0 Å². The predicted molar refractivity (Wildman–Crippen MR) is 99.2 cm³/mol. The standard InChI is InChI=1S/C19H20N2O3S/c1-13-9-10-15(23-3)17-18(13)25-19(21(17)2)20-16(22)11-12-24-14-7-5-4-6-8-14/h4-10H,11-12H2,1-3H3. The van der Waals surface area contributed by atoms with Crippen molar-refractivity contribution in [3.8, 4) is 11.5 Å². The Balaban J connectivity index is 1.80. The largest absolute Gasteiger partial charge is 0.495 e. The maximum absolute atomic E-state index is 12.2. The van der Waals surface area contributed by atoms with E-state index < -0.39 is 0 Å². The van der Waals surface area contributed by atoms with Crippen molar-refractivity contribution >= 4 is 27.5 Å². The zero-order chi connectivity index (χ0) is 17.8. The fraction of sp³-hybridized carbons (Fsp3) is 0.263. The summed E-state index contributed by atoms with van der Waals surface area (Å²) in [6.45, 7) is 2.35. The number of rotatable bonds is 5. The van der Waals surface area contributed by atoms with Crippen LogP contribution in [0.5, 0.6) is 11.5 Å². The van der Waals surface area contributed by atoms with Crippen molar-refractivity contribution in [1.29, 1.82) is 0 Å². The second-order valence-corrected chi connectivity index (χ2v) is 6.60. The zero-order valence-corrected chi connectivity index (χ0v) is 15.3. The maximum Gasteiger partial charge on any atom is 0.251 e. The van der Waals surface area contributed by atoms with Crippen LogP contribution in [0, 0.1) is 6.92 Å². The summed E-state index contributed by atoms with van der Waals surface area (Å²) in [6, 6.07) is 13.4. The zero-order valence-electron chi connectivity index (χ0n) is 14.5. The van der Waals surface area contributed by atoms with Gasteiger partial charge in [-0.3, -0.25) is 4.79 Å². The lowest BCUT2D eigenvalue weighted by molar-refractivity contribution is -0.118. The quantitative estimate of drug-likeness (QED) is 0.703. The lowest BCUT2D eigenvalue weighted by Gasteiger charge is -2.05. The molecule has 0 bridgehead atoms. The van der Waals surface area contributed by atoms with Crippen molar-refractivity contribution in [1.82, 2.24) is 4.57 Å². The van der Waals surface area contributed by atoms with Gasteiger partial charge >= 0.3 is 0 Å². The van der Waals surface area contributed by atoms with Crippen molar-refractivity contribution in [3.63, 3.8) is 0 Å². The van der Waals surface area contributed by atoms with Crippen LogP contribution in [0.15, 0.2) is 47.5 Å². The van der Waals surface area contributed by atoms with Crippen molar-refractivity contribution in [2.75, 3.05) is 13.7 Å². The van der Waals surface area contributed by atoms with Crippen molar-refractivity contribution in [2.45, 2.75) is 13.3 Å². The van der Waals surface area contributed by atoms with Crippen LogP contribution in [-0.2, 0) is 11.8 Å². The van der Waals surface area contributed by atoms with Gasteiger partial charge in [-0.2, -0.15) is 4.99 Å². The molecule has 0 spiro atoms. The highest BCUT2D eigenvalue weighted by Gasteiger charge is 2.12. The van der Waals surface area contributed by atoms with Crippen LogP contribution in [0.1, 0.15) is 12.0 Å². The molecule has 3 aromatic rings. The van der Waals surface area contributed by atoms with Crippen LogP contribution in [0.2, 0.25) is 0 Å². The van der Waals surface area contributed by atoms with E-state index in [1.54, 1.807) is 7.11 Å². The van der Waals surface area contributed by atoms with Gasteiger partial charge in [0.1, 0.15) is 17.0 Å². The van der Waals surface area contributed by atoms with Gasteiger partial charge in [0.25, 0.3) is 5.91 Å². The van der Waals surface area contributed by atoms with Gasteiger partial charge in [-0.05, 0) is 30.7 Å². The molecule has 3 rings (SSSR count). The molecule has 1 aromatic heterocycles. The molecule has 0 aliphatic heterocycles. The third-order valence-corrected chi connectivity index (χ3v) is 5.14. The molecule has 1 heterocycles. The number of methoxy groups -OCH3 is 1. The Bertz CT molecular complexity index is 958. The maximum atomic E-state index is 12.2. The van der Waals surface area contributed by atoms with Crippen molar-refractivity contribution in [3.05, 3.63) is 52.8 Å². The topological polar surface area (TPSA) is 52.8 Å². The Hall–Kier alpha value is -2.60. The smallest absolute Gasteiger partial charge is 0.251 e. The van der Waals surface area contributed by atoms with Crippen LogP contribution < -0.4 is 14.3 Å². The summed E-state index contributed by atoms with van der Waals surface area (Å²) in [5.41, 5.74) is 2.09. The first-order chi connectivity index (χ1) is 12.1. The molecule has 0 radical (unpaired) electrons. The van der Waals surface area contributed by atoms with Crippen LogP contribution in [-0.4, -0.2) is 24.2 Å².